The van der Waals surface area contributed by atoms with Crippen LogP contribution in [-0.4, -0.2) is 21.5 Å². The SMILES string of the molecule is [C-]#[N+]c1cc2c(-c3cncc(C)c3Cl)cn(C3CCC(NC(C)=O)CC3)c2cc1C. The van der Waals surface area contributed by atoms with Crippen molar-refractivity contribution in [3.8, 4) is 11.1 Å². The van der Waals surface area contributed by atoms with E-state index in [9.17, 15) is 4.79 Å². The van der Waals surface area contributed by atoms with Crippen LogP contribution in [0, 0.1) is 20.4 Å². The second-order valence-electron chi connectivity index (χ2n) is 8.24. The van der Waals surface area contributed by atoms with E-state index in [2.05, 4.69) is 32.0 Å². The lowest BCUT2D eigenvalue weighted by atomic mass is 9.91. The van der Waals surface area contributed by atoms with Gasteiger partial charge in [-0.3, -0.25) is 9.78 Å². The number of aryl methyl sites for hydroxylation is 2. The molecule has 1 aliphatic rings. The highest BCUT2D eigenvalue weighted by Crippen LogP contribution is 2.41. The molecular weight excluding hydrogens is 396 g/mol. The highest BCUT2D eigenvalue weighted by atomic mass is 35.5. The van der Waals surface area contributed by atoms with Crippen LogP contribution in [0.4, 0.5) is 5.69 Å². The van der Waals surface area contributed by atoms with Crippen molar-refractivity contribution in [3.05, 3.63) is 58.3 Å². The van der Waals surface area contributed by atoms with E-state index in [0.717, 1.165) is 58.8 Å². The summed E-state index contributed by atoms with van der Waals surface area (Å²) in [6.45, 7) is 13.1. The van der Waals surface area contributed by atoms with E-state index in [1.807, 2.05) is 19.9 Å². The molecule has 1 amide bonds. The number of hydrogen-bond acceptors (Lipinski definition) is 2. The van der Waals surface area contributed by atoms with Gasteiger partial charge < -0.3 is 9.88 Å². The first-order chi connectivity index (χ1) is 14.4. The Balaban J connectivity index is 1.81. The van der Waals surface area contributed by atoms with Crippen LogP contribution >= 0.6 is 11.6 Å². The van der Waals surface area contributed by atoms with Crippen LogP contribution in [0.2, 0.25) is 5.02 Å². The van der Waals surface area contributed by atoms with Gasteiger partial charge in [0.2, 0.25) is 5.91 Å². The van der Waals surface area contributed by atoms with Crippen LogP contribution in [0.15, 0.2) is 30.7 Å². The molecule has 154 valence electrons. The number of nitrogens with zero attached hydrogens (tertiary/aromatic N) is 3. The van der Waals surface area contributed by atoms with E-state index < -0.39 is 0 Å². The standard InChI is InChI=1S/C24H25ClN4O/c1-14-9-23-19(10-22(14)26-4)21(20-12-27-11-15(2)24(20)25)13-29(23)18-7-5-17(6-8-18)28-16(3)30/h9-13,17-18H,5-8H2,1-3H3,(H,28,30). The molecule has 0 unspecified atom stereocenters. The van der Waals surface area contributed by atoms with Crippen molar-refractivity contribution in [1.29, 1.82) is 0 Å². The van der Waals surface area contributed by atoms with Crippen molar-refractivity contribution >= 4 is 34.1 Å². The number of benzene rings is 1. The van der Waals surface area contributed by atoms with Crippen molar-refractivity contribution in [3.63, 3.8) is 0 Å². The third kappa shape index (κ3) is 3.68. The first-order valence-electron chi connectivity index (χ1n) is 10.3. The average molecular weight is 421 g/mol. The molecule has 1 saturated carbocycles. The topological polar surface area (TPSA) is 51.3 Å². The molecule has 0 spiro atoms. The van der Waals surface area contributed by atoms with E-state index >= 15 is 0 Å². The largest absolute Gasteiger partial charge is 0.354 e. The molecule has 6 heteroatoms. The number of rotatable bonds is 3. The monoisotopic (exact) mass is 420 g/mol. The predicted molar refractivity (Wildman–Crippen MR) is 121 cm³/mol. The number of pyridine rings is 1. The minimum absolute atomic E-state index is 0.0380. The zero-order valence-corrected chi connectivity index (χ0v) is 18.3. The molecular formula is C24H25ClN4O. The summed E-state index contributed by atoms with van der Waals surface area (Å²) in [5, 5.41) is 4.78. The summed E-state index contributed by atoms with van der Waals surface area (Å²) in [6, 6.07) is 4.70. The maximum atomic E-state index is 11.4. The lowest BCUT2D eigenvalue weighted by molar-refractivity contribution is -0.119. The molecule has 1 fully saturated rings. The van der Waals surface area contributed by atoms with E-state index in [-0.39, 0.29) is 11.9 Å². The Morgan fingerprint density at radius 3 is 2.57 bits per heavy atom. The summed E-state index contributed by atoms with van der Waals surface area (Å²) in [4.78, 5) is 19.5. The van der Waals surface area contributed by atoms with E-state index in [4.69, 9.17) is 18.2 Å². The Hall–Kier alpha value is -2.84. The van der Waals surface area contributed by atoms with Gasteiger partial charge in [-0.15, -0.1) is 0 Å². The molecule has 30 heavy (non-hydrogen) atoms. The number of carbonyl (C=O) groups is 1. The summed E-state index contributed by atoms with van der Waals surface area (Å²) >= 11 is 6.65. The van der Waals surface area contributed by atoms with Crippen molar-refractivity contribution in [2.45, 2.75) is 58.5 Å². The fourth-order valence-corrected chi connectivity index (χ4v) is 4.75. The van der Waals surface area contributed by atoms with E-state index in [1.165, 1.54) is 0 Å². The van der Waals surface area contributed by atoms with E-state index in [0.29, 0.717) is 16.8 Å². The molecule has 2 aromatic heterocycles. The van der Waals surface area contributed by atoms with Gasteiger partial charge in [-0.2, -0.15) is 0 Å². The number of hydrogen-bond donors (Lipinski definition) is 1. The van der Waals surface area contributed by atoms with Crippen LogP contribution < -0.4 is 5.32 Å². The number of halogens is 1. The Morgan fingerprint density at radius 2 is 1.90 bits per heavy atom. The minimum atomic E-state index is 0.0380. The normalized spacial score (nSPS) is 18.9. The van der Waals surface area contributed by atoms with Crippen LogP contribution in [0.25, 0.3) is 26.9 Å². The Morgan fingerprint density at radius 1 is 1.17 bits per heavy atom. The zero-order valence-electron chi connectivity index (χ0n) is 17.5. The second-order valence-corrected chi connectivity index (χ2v) is 8.62. The van der Waals surface area contributed by atoms with Crippen molar-refractivity contribution in [2.24, 2.45) is 0 Å². The van der Waals surface area contributed by atoms with Crippen molar-refractivity contribution in [2.75, 3.05) is 0 Å². The number of amides is 1. The molecule has 0 atom stereocenters. The lowest BCUT2D eigenvalue weighted by Gasteiger charge is -2.30. The molecule has 0 saturated heterocycles. The Labute approximate surface area is 181 Å². The smallest absolute Gasteiger partial charge is 0.217 e. The van der Waals surface area contributed by atoms with Crippen molar-refractivity contribution in [1.82, 2.24) is 14.9 Å². The molecule has 0 radical (unpaired) electrons. The van der Waals surface area contributed by atoms with Gasteiger partial charge in [0, 0.05) is 54.2 Å². The number of fused-ring (bicyclic) bond motifs is 1. The van der Waals surface area contributed by atoms with Gasteiger partial charge in [0.1, 0.15) is 0 Å². The third-order valence-corrected chi connectivity index (χ3v) is 6.62. The molecule has 0 aliphatic heterocycles. The first-order valence-corrected chi connectivity index (χ1v) is 10.7. The van der Waals surface area contributed by atoms with Crippen molar-refractivity contribution < 1.29 is 4.79 Å². The van der Waals surface area contributed by atoms with Gasteiger partial charge in [0.15, 0.2) is 5.69 Å². The predicted octanol–water partition coefficient (Wildman–Crippen LogP) is 6.14. The number of nitrogens with one attached hydrogen (secondary N) is 1. The molecule has 1 aliphatic carbocycles. The van der Waals surface area contributed by atoms with Crippen LogP contribution in [0.5, 0.6) is 0 Å². The molecule has 1 N–H and O–H groups in total. The van der Waals surface area contributed by atoms with Gasteiger partial charge in [0.25, 0.3) is 0 Å². The van der Waals surface area contributed by atoms with Gasteiger partial charge >= 0.3 is 0 Å². The maximum Gasteiger partial charge on any atom is 0.217 e. The van der Waals surface area contributed by atoms with Crippen LogP contribution in [-0.2, 0) is 4.79 Å². The third-order valence-electron chi connectivity index (χ3n) is 6.11. The van der Waals surface area contributed by atoms with Gasteiger partial charge in [-0.25, -0.2) is 4.85 Å². The summed E-state index contributed by atoms with van der Waals surface area (Å²) in [5.74, 6) is 0.0380. The molecule has 1 aromatic carbocycles. The molecule has 4 rings (SSSR count). The van der Waals surface area contributed by atoms with Gasteiger partial charge in [0.05, 0.1) is 11.6 Å². The second kappa shape index (κ2) is 8.12. The first kappa shape index (κ1) is 20.4. The average Bonchev–Trinajstić information content (AvgIpc) is 3.07. The van der Waals surface area contributed by atoms with E-state index in [1.54, 1.807) is 19.3 Å². The maximum absolute atomic E-state index is 11.4. The summed E-state index contributed by atoms with van der Waals surface area (Å²) in [5.41, 5.74) is 5.60. The zero-order chi connectivity index (χ0) is 21.4. The highest BCUT2D eigenvalue weighted by molar-refractivity contribution is 6.34. The fraction of sp³-hybridized carbons (Fsp3) is 0.375. The quantitative estimate of drug-likeness (QED) is 0.517. The van der Waals surface area contributed by atoms with Crippen LogP contribution in [0.3, 0.4) is 0 Å². The van der Waals surface area contributed by atoms with Crippen LogP contribution in [0.1, 0.15) is 49.8 Å². The van der Waals surface area contributed by atoms with Gasteiger partial charge in [-0.1, -0.05) is 11.6 Å². The summed E-state index contributed by atoms with van der Waals surface area (Å²) in [7, 11) is 0. The molecule has 5 nitrogen and oxygen atoms in total. The minimum Gasteiger partial charge on any atom is -0.354 e. The lowest BCUT2D eigenvalue weighted by Crippen LogP contribution is -2.36. The Bertz CT molecular complexity index is 1170. The molecule has 0 bridgehead atoms. The molecule has 3 aromatic rings. The number of carbonyl (C=O) groups excluding carboxylic acids is 1. The number of aromatic nitrogens is 2. The van der Waals surface area contributed by atoms with Gasteiger partial charge in [-0.05, 0) is 68.2 Å². The molecule has 2 heterocycles. The summed E-state index contributed by atoms with van der Waals surface area (Å²) in [6.07, 6.45) is 9.66. The highest BCUT2D eigenvalue weighted by Gasteiger charge is 2.25. The summed E-state index contributed by atoms with van der Waals surface area (Å²) < 4.78 is 2.34. The Kier molecular flexibility index (Phi) is 5.53. The fourth-order valence-electron chi connectivity index (χ4n) is 4.55.